The van der Waals surface area contributed by atoms with Gasteiger partial charge in [0, 0.05) is 26.2 Å². The fourth-order valence-corrected chi connectivity index (χ4v) is 5.28. The SMILES string of the molecule is O=C([C@@H]1C[C@@H](O)CN1)N1CCC2(CC1)Cc1cccc(c1)Oc1cccc(c1)CCNC2=O. The Kier molecular flexibility index (Phi) is 6.08. The van der Waals surface area contributed by atoms with Crippen molar-refractivity contribution >= 4 is 11.8 Å². The highest BCUT2D eigenvalue weighted by Crippen LogP contribution is 2.37. The van der Waals surface area contributed by atoms with Crippen molar-refractivity contribution in [3.8, 4) is 11.5 Å². The molecule has 0 unspecified atom stereocenters. The quantitative estimate of drug-likeness (QED) is 0.620. The third kappa shape index (κ3) is 4.75. The fraction of sp³-hybridized carbons (Fsp3) is 0.462. The van der Waals surface area contributed by atoms with Crippen LogP contribution >= 0.6 is 0 Å². The minimum absolute atomic E-state index is 0.0288. The highest BCUT2D eigenvalue weighted by Gasteiger charge is 2.43. The third-order valence-corrected chi connectivity index (χ3v) is 7.19. The van der Waals surface area contributed by atoms with Crippen molar-refractivity contribution in [2.24, 2.45) is 5.41 Å². The number of nitrogens with one attached hydrogen (secondary N) is 2. The van der Waals surface area contributed by atoms with Crippen LogP contribution in [0.5, 0.6) is 11.5 Å². The summed E-state index contributed by atoms with van der Waals surface area (Å²) in [6.07, 6.45) is 2.55. The molecule has 2 aromatic carbocycles. The molecular formula is C26H31N3O4. The minimum Gasteiger partial charge on any atom is -0.457 e. The second-order valence-corrected chi connectivity index (χ2v) is 9.54. The molecule has 2 atom stereocenters. The lowest BCUT2D eigenvalue weighted by Gasteiger charge is -2.41. The van der Waals surface area contributed by atoms with E-state index in [1.165, 1.54) is 0 Å². The van der Waals surface area contributed by atoms with E-state index in [9.17, 15) is 14.7 Å². The van der Waals surface area contributed by atoms with E-state index in [1.807, 2.05) is 53.4 Å². The number of β-amino-alcohol motifs (C(OH)–C–C–N with tert-alkyl or cyclic N) is 1. The number of hydrogen-bond donors (Lipinski definition) is 3. The van der Waals surface area contributed by atoms with Crippen LogP contribution in [0, 0.1) is 5.41 Å². The van der Waals surface area contributed by atoms with Crippen molar-refractivity contribution in [2.75, 3.05) is 26.2 Å². The van der Waals surface area contributed by atoms with Gasteiger partial charge in [-0.1, -0.05) is 24.3 Å². The molecule has 2 saturated heterocycles. The van der Waals surface area contributed by atoms with Crippen LogP contribution in [0.15, 0.2) is 48.5 Å². The Balaban J connectivity index is 1.36. The molecular weight excluding hydrogens is 418 g/mol. The van der Waals surface area contributed by atoms with Gasteiger partial charge in [-0.15, -0.1) is 0 Å². The van der Waals surface area contributed by atoms with Gasteiger partial charge in [0.25, 0.3) is 0 Å². The maximum atomic E-state index is 13.5. The second kappa shape index (κ2) is 9.15. The molecule has 0 saturated carbocycles. The predicted octanol–water partition coefficient (Wildman–Crippen LogP) is 2.03. The van der Waals surface area contributed by atoms with Gasteiger partial charge in [0.1, 0.15) is 11.5 Å². The average molecular weight is 450 g/mol. The topological polar surface area (TPSA) is 90.9 Å². The maximum absolute atomic E-state index is 13.5. The van der Waals surface area contributed by atoms with Gasteiger partial charge < -0.3 is 25.4 Å². The number of likely N-dealkylation sites (tertiary alicyclic amines) is 1. The van der Waals surface area contributed by atoms with Crippen LogP contribution < -0.4 is 15.4 Å². The molecule has 7 nitrogen and oxygen atoms in total. The van der Waals surface area contributed by atoms with Crippen molar-refractivity contribution < 1.29 is 19.4 Å². The van der Waals surface area contributed by atoms with Crippen molar-refractivity contribution in [3.05, 3.63) is 59.7 Å². The average Bonchev–Trinajstić information content (AvgIpc) is 3.25. The van der Waals surface area contributed by atoms with E-state index >= 15 is 0 Å². The summed E-state index contributed by atoms with van der Waals surface area (Å²) in [5, 5.41) is 16.0. The largest absolute Gasteiger partial charge is 0.457 e. The zero-order chi connectivity index (χ0) is 22.8. The minimum atomic E-state index is -0.565. The molecule has 33 heavy (non-hydrogen) atoms. The Hall–Kier alpha value is -2.90. The highest BCUT2D eigenvalue weighted by molar-refractivity contribution is 5.85. The first kappa shape index (κ1) is 21.9. The van der Waals surface area contributed by atoms with Gasteiger partial charge in [-0.05, 0) is 67.5 Å². The molecule has 3 heterocycles. The third-order valence-electron chi connectivity index (χ3n) is 7.19. The molecule has 2 fully saturated rings. The van der Waals surface area contributed by atoms with Crippen LogP contribution in [-0.2, 0) is 22.4 Å². The standard InChI is InChI=1S/C26H31N3O4/c30-20-15-23(28-17-20)24(31)29-11-8-26(9-12-29)16-19-4-2-6-22(14-19)33-21-5-1-3-18(13-21)7-10-27-25(26)32/h1-6,13-14,20,23,28,30H,7-12,15-17H2,(H,27,32)/t20-,23+/m1/s1. The van der Waals surface area contributed by atoms with E-state index in [2.05, 4.69) is 10.6 Å². The van der Waals surface area contributed by atoms with Crippen molar-refractivity contribution in [1.82, 2.24) is 15.5 Å². The summed E-state index contributed by atoms with van der Waals surface area (Å²) >= 11 is 0. The lowest BCUT2D eigenvalue weighted by atomic mass is 9.72. The summed E-state index contributed by atoms with van der Waals surface area (Å²) in [6, 6.07) is 15.6. The number of hydrogen-bond acceptors (Lipinski definition) is 5. The molecule has 1 spiro atoms. The summed E-state index contributed by atoms with van der Waals surface area (Å²) in [7, 11) is 0. The van der Waals surface area contributed by atoms with Crippen molar-refractivity contribution in [3.63, 3.8) is 0 Å². The summed E-state index contributed by atoms with van der Waals surface area (Å²) < 4.78 is 6.10. The van der Waals surface area contributed by atoms with Crippen LogP contribution in [-0.4, -0.2) is 60.1 Å². The second-order valence-electron chi connectivity index (χ2n) is 9.54. The summed E-state index contributed by atoms with van der Waals surface area (Å²) in [5.74, 6) is 1.65. The molecule has 2 aromatic rings. The highest BCUT2D eigenvalue weighted by atomic mass is 16.5. The number of ether oxygens (including phenoxy) is 1. The normalized spacial score (nSPS) is 24.8. The van der Waals surface area contributed by atoms with Crippen molar-refractivity contribution in [2.45, 2.75) is 44.2 Å². The van der Waals surface area contributed by atoms with Crippen LogP contribution in [0.3, 0.4) is 0 Å². The smallest absolute Gasteiger partial charge is 0.239 e. The number of carbonyl (C=O) groups is 2. The first-order chi connectivity index (χ1) is 16.0. The first-order valence-electron chi connectivity index (χ1n) is 11.9. The number of rotatable bonds is 1. The van der Waals surface area contributed by atoms with Crippen LogP contribution in [0.4, 0.5) is 0 Å². The van der Waals surface area contributed by atoms with Gasteiger partial charge in [0.2, 0.25) is 11.8 Å². The number of aliphatic hydroxyl groups is 1. The van der Waals surface area contributed by atoms with Crippen molar-refractivity contribution in [1.29, 1.82) is 0 Å². The van der Waals surface area contributed by atoms with E-state index < -0.39 is 11.5 Å². The van der Waals surface area contributed by atoms with E-state index in [-0.39, 0.29) is 17.9 Å². The molecule has 3 N–H and O–H groups in total. The van der Waals surface area contributed by atoms with E-state index in [4.69, 9.17) is 4.74 Å². The predicted molar refractivity (Wildman–Crippen MR) is 124 cm³/mol. The van der Waals surface area contributed by atoms with Crippen LogP contribution in [0.2, 0.25) is 0 Å². The van der Waals surface area contributed by atoms with Gasteiger partial charge >= 0.3 is 0 Å². The Bertz CT molecular complexity index is 1030. The summed E-state index contributed by atoms with van der Waals surface area (Å²) in [6.45, 7) is 2.10. The van der Waals surface area contributed by atoms with Gasteiger partial charge in [-0.3, -0.25) is 9.59 Å². The number of amides is 2. The number of piperidine rings is 1. The van der Waals surface area contributed by atoms with Gasteiger partial charge in [-0.2, -0.15) is 0 Å². The molecule has 2 amide bonds. The first-order valence-corrected chi connectivity index (χ1v) is 11.9. The number of fused-ring (bicyclic) bond motifs is 4. The van der Waals surface area contributed by atoms with Gasteiger partial charge in [0.05, 0.1) is 17.6 Å². The lowest BCUT2D eigenvalue weighted by molar-refractivity contribution is -0.141. The van der Waals surface area contributed by atoms with Gasteiger partial charge in [-0.25, -0.2) is 0 Å². The molecule has 5 rings (SSSR count). The molecule has 3 aliphatic heterocycles. The molecule has 3 aliphatic rings. The zero-order valence-corrected chi connectivity index (χ0v) is 18.8. The van der Waals surface area contributed by atoms with E-state index in [0.29, 0.717) is 51.9 Å². The molecule has 0 radical (unpaired) electrons. The molecule has 0 aliphatic carbocycles. The Morgan fingerprint density at radius 1 is 1.06 bits per heavy atom. The van der Waals surface area contributed by atoms with Gasteiger partial charge in [0.15, 0.2) is 0 Å². The zero-order valence-electron chi connectivity index (χ0n) is 18.8. The number of benzene rings is 2. The Labute approximate surface area is 194 Å². The molecule has 4 bridgehead atoms. The number of nitrogens with zero attached hydrogens (tertiary/aromatic N) is 1. The maximum Gasteiger partial charge on any atom is 0.239 e. The van der Waals surface area contributed by atoms with E-state index in [1.54, 1.807) is 0 Å². The Morgan fingerprint density at radius 2 is 1.76 bits per heavy atom. The fourth-order valence-electron chi connectivity index (χ4n) is 5.28. The Morgan fingerprint density at radius 3 is 2.45 bits per heavy atom. The van der Waals surface area contributed by atoms with Crippen LogP contribution in [0.25, 0.3) is 0 Å². The molecule has 0 aromatic heterocycles. The number of carbonyl (C=O) groups excluding carboxylic acids is 2. The monoisotopic (exact) mass is 449 g/mol. The molecule has 174 valence electrons. The summed E-state index contributed by atoms with van der Waals surface area (Å²) in [5.41, 5.74) is 1.60. The van der Waals surface area contributed by atoms with E-state index in [0.717, 1.165) is 29.0 Å². The van der Waals surface area contributed by atoms with Crippen LogP contribution in [0.1, 0.15) is 30.4 Å². The number of aliphatic hydroxyl groups excluding tert-OH is 1. The summed E-state index contributed by atoms with van der Waals surface area (Å²) in [4.78, 5) is 28.3. The lowest BCUT2D eigenvalue weighted by Crippen LogP contribution is -2.54. The molecule has 7 heteroatoms.